The molecule has 23 heavy (non-hydrogen) atoms. The van der Waals surface area contributed by atoms with Crippen molar-refractivity contribution in [3.05, 3.63) is 24.6 Å². The summed E-state index contributed by atoms with van der Waals surface area (Å²) in [6.07, 6.45) is 10.7. The van der Waals surface area contributed by atoms with Crippen LogP contribution in [0.4, 0.5) is 5.69 Å². The van der Waals surface area contributed by atoms with Gasteiger partial charge in [0.05, 0.1) is 23.0 Å². The number of hydrogen-bond donors (Lipinski definition) is 1. The Bertz CT molecular complexity index is 730. The molecule has 0 unspecified atom stereocenters. The lowest BCUT2D eigenvalue weighted by atomic mass is 9.94. The van der Waals surface area contributed by atoms with Gasteiger partial charge in [-0.15, -0.1) is 0 Å². The van der Waals surface area contributed by atoms with Crippen molar-refractivity contribution in [3.63, 3.8) is 0 Å². The summed E-state index contributed by atoms with van der Waals surface area (Å²) in [5.74, 6) is 0. The van der Waals surface area contributed by atoms with Gasteiger partial charge in [0.15, 0.2) is 5.65 Å². The van der Waals surface area contributed by atoms with Crippen molar-refractivity contribution in [3.8, 4) is 0 Å². The van der Waals surface area contributed by atoms with Gasteiger partial charge in [0.2, 0.25) is 6.61 Å². The van der Waals surface area contributed by atoms with Crippen LogP contribution in [-0.2, 0) is 11.4 Å². The maximum absolute atomic E-state index is 4.96. The van der Waals surface area contributed by atoms with Crippen molar-refractivity contribution >= 4 is 22.4 Å². The molecule has 6 nitrogen and oxygen atoms in total. The molecule has 1 saturated carbocycles. The molecule has 4 rings (SSSR count). The molecule has 0 amide bonds. The Hall–Kier alpha value is -2.11. The molecule has 2 aromatic rings. The van der Waals surface area contributed by atoms with Gasteiger partial charge in [-0.3, -0.25) is 0 Å². The number of nitrogens with one attached hydrogen (secondary N) is 1. The monoisotopic (exact) mass is 311 g/mol. The van der Waals surface area contributed by atoms with Crippen LogP contribution in [0.25, 0.3) is 11.0 Å². The molecule has 2 aromatic heterocycles. The second kappa shape index (κ2) is 6.18. The van der Waals surface area contributed by atoms with Gasteiger partial charge < -0.3 is 10.2 Å². The van der Waals surface area contributed by atoms with Crippen molar-refractivity contribution in [2.75, 3.05) is 5.32 Å². The summed E-state index contributed by atoms with van der Waals surface area (Å²) in [5, 5.41) is 13.4. The molecule has 120 valence electrons. The highest BCUT2D eigenvalue weighted by molar-refractivity contribution is 6.10. The van der Waals surface area contributed by atoms with Gasteiger partial charge in [-0.1, -0.05) is 24.4 Å². The summed E-state index contributed by atoms with van der Waals surface area (Å²) in [4.78, 5) is 9.56. The third kappa shape index (κ3) is 2.66. The summed E-state index contributed by atoms with van der Waals surface area (Å²) in [6.45, 7) is 5.67. The average Bonchev–Trinajstić information content (AvgIpc) is 3.25. The maximum Gasteiger partial charge on any atom is 0.236 e. The third-order valence-electron chi connectivity index (χ3n) is 4.69. The predicted molar refractivity (Wildman–Crippen MR) is 89.2 cm³/mol. The van der Waals surface area contributed by atoms with E-state index in [9.17, 15) is 0 Å². The predicted octanol–water partition coefficient (Wildman–Crippen LogP) is 3.36. The lowest BCUT2D eigenvalue weighted by Crippen LogP contribution is -2.23. The highest BCUT2D eigenvalue weighted by Gasteiger charge is 2.23. The van der Waals surface area contributed by atoms with Crippen LogP contribution in [0, 0.1) is 6.61 Å². The van der Waals surface area contributed by atoms with E-state index in [0.29, 0.717) is 12.5 Å². The summed E-state index contributed by atoms with van der Waals surface area (Å²) < 4.78 is 1.93. The normalized spacial score (nSPS) is 18.9. The van der Waals surface area contributed by atoms with E-state index in [2.05, 4.69) is 34.1 Å². The lowest BCUT2D eigenvalue weighted by Gasteiger charge is -2.25. The number of aryl methyl sites for hydroxylation is 1. The summed E-state index contributed by atoms with van der Waals surface area (Å²) >= 11 is 0. The topological polar surface area (TPSA) is 64.3 Å². The molecule has 0 saturated heterocycles. The van der Waals surface area contributed by atoms with Crippen molar-refractivity contribution in [2.45, 2.75) is 58.0 Å². The fourth-order valence-electron chi connectivity index (χ4n) is 3.45. The minimum absolute atomic E-state index is 0.508. The number of anilines is 1. The first kappa shape index (κ1) is 14.5. The van der Waals surface area contributed by atoms with Crippen LogP contribution in [-0.4, -0.2) is 26.5 Å². The highest BCUT2D eigenvalue weighted by Crippen LogP contribution is 2.31. The molecule has 0 bridgehead atoms. The first-order chi connectivity index (χ1) is 11.4. The Morgan fingerprint density at radius 3 is 2.91 bits per heavy atom. The molecule has 1 aliphatic carbocycles. The lowest BCUT2D eigenvalue weighted by molar-refractivity contribution is 0.234. The highest BCUT2D eigenvalue weighted by atomic mass is 16.6. The summed E-state index contributed by atoms with van der Waals surface area (Å²) in [5.41, 5.74) is 3.89. The number of rotatable bonds is 4. The van der Waals surface area contributed by atoms with Crippen LogP contribution in [0.2, 0.25) is 0 Å². The summed E-state index contributed by atoms with van der Waals surface area (Å²) in [6, 6.07) is 0.508. The van der Waals surface area contributed by atoms with Crippen LogP contribution >= 0.6 is 0 Å². The molecule has 1 fully saturated rings. The van der Waals surface area contributed by atoms with Gasteiger partial charge in [-0.25, -0.2) is 9.67 Å². The molecule has 2 aliphatic rings. The van der Waals surface area contributed by atoms with Crippen molar-refractivity contribution in [1.29, 1.82) is 0 Å². The van der Waals surface area contributed by atoms with Gasteiger partial charge in [-0.2, -0.15) is 5.10 Å². The molecular formula is C17H21N5O. The summed E-state index contributed by atoms with van der Waals surface area (Å²) in [7, 11) is 0. The van der Waals surface area contributed by atoms with E-state index >= 15 is 0 Å². The Balaban J connectivity index is 1.78. The largest absolute Gasteiger partial charge is 0.381 e. The van der Waals surface area contributed by atoms with E-state index in [1.807, 2.05) is 17.1 Å². The van der Waals surface area contributed by atoms with E-state index in [-0.39, 0.29) is 0 Å². The van der Waals surface area contributed by atoms with E-state index in [1.165, 1.54) is 32.1 Å². The van der Waals surface area contributed by atoms with Crippen molar-refractivity contribution < 1.29 is 4.84 Å². The number of pyridine rings is 1. The fourth-order valence-corrected chi connectivity index (χ4v) is 3.45. The van der Waals surface area contributed by atoms with Crippen LogP contribution in [0.15, 0.2) is 17.5 Å². The van der Waals surface area contributed by atoms with Crippen LogP contribution < -0.4 is 5.32 Å². The molecule has 0 atom stereocenters. The van der Waals surface area contributed by atoms with E-state index in [1.54, 1.807) is 0 Å². The second-order valence-corrected chi connectivity index (χ2v) is 6.17. The van der Waals surface area contributed by atoms with E-state index in [4.69, 9.17) is 4.84 Å². The van der Waals surface area contributed by atoms with Crippen LogP contribution in [0.3, 0.4) is 0 Å². The maximum atomic E-state index is 4.96. The van der Waals surface area contributed by atoms with Gasteiger partial charge in [-0.05, 0) is 19.8 Å². The minimum Gasteiger partial charge on any atom is -0.381 e. The second-order valence-electron chi connectivity index (χ2n) is 6.17. The average molecular weight is 311 g/mol. The first-order valence-electron chi connectivity index (χ1n) is 8.44. The van der Waals surface area contributed by atoms with Crippen molar-refractivity contribution in [1.82, 2.24) is 14.8 Å². The standard InChI is InChI=1S/C17H21N5O/c1-2-22-17-14(11-19-22)16(20-12-6-4-3-5-7-12)13(10-18-17)15-8-9-23-21-15/h10-12H,2-8H2,1H3,(H,18,20). The molecule has 0 aromatic carbocycles. The zero-order chi connectivity index (χ0) is 15.6. The quantitative estimate of drug-likeness (QED) is 0.940. The minimum atomic E-state index is 0.508. The van der Waals surface area contributed by atoms with Gasteiger partial charge >= 0.3 is 0 Å². The Morgan fingerprint density at radius 1 is 1.30 bits per heavy atom. The molecule has 0 spiro atoms. The number of hydrogen-bond acceptors (Lipinski definition) is 5. The number of aromatic nitrogens is 3. The molecule has 3 heterocycles. The van der Waals surface area contributed by atoms with Crippen molar-refractivity contribution in [2.24, 2.45) is 5.16 Å². The number of nitrogens with zero attached hydrogens (tertiary/aromatic N) is 4. The number of fused-ring (bicyclic) bond motifs is 1. The van der Waals surface area contributed by atoms with E-state index < -0.39 is 0 Å². The Kier molecular flexibility index (Phi) is 3.89. The fraction of sp³-hybridized carbons (Fsp3) is 0.529. The molecule has 6 heteroatoms. The zero-order valence-corrected chi connectivity index (χ0v) is 13.4. The molecule has 1 N–H and O–H groups in total. The molecule has 1 aliphatic heterocycles. The Labute approximate surface area is 135 Å². The zero-order valence-electron chi connectivity index (χ0n) is 13.4. The first-order valence-corrected chi connectivity index (χ1v) is 8.44. The smallest absolute Gasteiger partial charge is 0.236 e. The van der Waals surface area contributed by atoms with Gasteiger partial charge in [0.1, 0.15) is 0 Å². The Morgan fingerprint density at radius 2 is 2.17 bits per heavy atom. The number of oxime groups is 1. The van der Waals surface area contributed by atoms with Crippen LogP contribution in [0.5, 0.6) is 0 Å². The third-order valence-corrected chi connectivity index (χ3v) is 4.69. The molecular weight excluding hydrogens is 290 g/mol. The van der Waals surface area contributed by atoms with E-state index in [0.717, 1.165) is 34.5 Å². The van der Waals surface area contributed by atoms with Gasteiger partial charge in [0.25, 0.3) is 0 Å². The van der Waals surface area contributed by atoms with Crippen LogP contribution in [0.1, 0.15) is 51.0 Å². The SMILES string of the molecule is CCn1ncc2c(NC3CCCCC3)c(C3=NO[C]C3)cnc21. The van der Waals surface area contributed by atoms with Gasteiger partial charge in [0, 0.05) is 30.8 Å². The molecule has 2 radical (unpaired) electrons.